The summed E-state index contributed by atoms with van der Waals surface area (Å²) in [6.07, 6.45) is -2.32. The average molecular weight is 266 g/mol. The van der Waals surface area contributed by atoms with E-state index in [-0.39, 0.29) is 12.4 Å². The Bertz CT molecular complexity index is 601. The van der Waals surface area contributed by atoms with Crippen molar-refractivity contribution in [2.75, 3.05) is 6.61 Å². The van der Waals surface area contributed by atoms with Crippen molar-refractivity contribution in [3.63, 3.8) is 0 Å². The summed E-state index contributed by atoms with van der Waals surface area (Å²) >= 11 is 0. The molecule has 0 aromatic carbocycles. The molecule has 2 aromatic rings. The average Bonchev–Trinajstić information content (AvgIpc) is 2.92. The minimum absolute atomic E-state index is 0.237. The van der Waals surface area contributed by atoms with Crippen LogP contribution in [0.15, 0.2) is 12.3 Å². The minimum Gasteiger partial charge on any atom is -0.394 e. The maximum atomic E-state index is 9.90. The highest BCUT2D eigenvalue weighted by atomic mass is 16.6. The van der Waals surface area contributed by atoms with Gasteiger partial charge >= 0.3 is 0 Å². The van der Waals surface area contributed by atoms with Crippen molar-refractivity contribution in [1.82, 2.24) is 19.6 Å². The summed E-state index contributed by atoms with van der Waals surface area (Å²) < 4.78 is 6.83. The minimum atomic E-state index is -1.17. The van der Waals surface area contributed by atoms with Gasteiger partial charge in [-0.15, -0.1) is 5.10 Å². The first-order valence-electron chi connectivity index (χ1n) is 5.92. The summed E-state index contributed by atoms with van der Waals surface area (Å²) in [4.78, 5) is 8.36. The summed E-state index contributed by atoms with van der Waals surface area (Å²) in [5.41, 5.74) is 0.799. The summed E-state index contributed by atoms with van der Waals surface area (Å²) in [7, 11) is 0. The first-order chi connectivity index (χ1) is 9.10. The number of aliphatic hydroxyl groups excluding tert-OH is 3. The van der Waals surface area contributed by atoms with Crippen molar-refractivity contribution in [2.24, 2.45) is 0 Å². The number of hydrogen-bond acceptors (Lipinski definition) is 7. The molecule has 8 nitrogen and oxygen atoms in total. The van der Waals surface area contributed by atoms with Crippen molar-refractivity contribution in [2.45, 2.75) is 31.3 Å². The Kier molecular flexibility index (Phi) is 2.94. The molecule has 4 atom stereocenters. The van der Waals surface area contributed by atoms with Crippen LogP contribution in [0.2, 0.25) is 0 Å². The summed E-state index contributed by atoms with van der Waals surface area (Å²) in [6, 6.07) is 1.78. The summed E-state index contributed by atoms with van der Waals surface area (Å²) in [5, 5.41) is 32.8. The van der Waals surface area contributed by atoms with Gasteiger partial charge in [0.15, 0.2) is 5.82 Å². The lowest BCUT2D eigenvalue weighted by Crippen LogP contribution is -2.32. The van der Waals surface area contributed by atoms with E-state index in [0.29, 0.717) is 5.78 Å². The number of rotatable bonds is 2. The molecule has 8 heteroatoms. The van der Waals surface area contributed by atoms with Crippen molar-refractivity contribution in [1.29, 1.82) is 0 Å². The molecule has 0 radical (unpaired) electrons. The maximum Gasteiger partial charge on any atom is 0.252 e. The second kappa shape index (κ2) is 4.49. The molecule has 0 amide bonds. The number of aromatic nitrogens is 4. The zero-order chi connectivity index (χ0) is 13.6. The van der Waals surface area contributed by atoms with Crippen LogP contribution >= 0.6 is 0 Å². The third kappa shape index (κ3) is 1.98. The van der Waals surface area contributed by atoms with Crippen molar-refractivity contribution < 1.29 is 20.1 Å². The van der Waals surface area contributed by atoms with Crippen LogP contribution in [0.4, 0.5) is 0 Å². The first-order valence-corrected chi connectivity index (χ1v) is 5.92. The van der Waals surface area contributed by atoms with E-state index in [0.717, 1.165) is 5.69 Å². The van der Waals surface area contributed by atoms with E-state index in [1.165, 1.54) is 4.52 Å². The zero-order valence-corrected chi connectivity index (χ0v) is 10.2. The molecule has 102 valence electrons. The molecule has 0 bridgehead atoms. The third-order valence-electron chi connectivity index (χ3n) is 3.16. The van der Waals surface area contributed by atoms with Crippen LogP contribution in [-0.2, 0) is 4.74 Å². The van der Waals surface area contributed by atoms with Gasteiger partial charge in [0, 0.05) is 11.9 Å². The number of fused-ring (bicyclic) bond motifs is 1. The molecule has 3 rings (SSSR count). The van der Waals surface area contributed by atoms with Gasteiger partial charge in [0.25, 0.3) is 5.78 Å². The van der Waals surface area contributed by atoms with Gasteiger partial charge in [-0.25, -0.2) is 9.50 Å². The van der Waals surface area contributed by atoms with E-state index in [9.17, 15) is 10.2 Å². The SMILES string of the molecule is Cc1ccn2nc([C@@H]3O[C@H](CO)[C@@H](O)[C@H]3O)nc2n1. The molecule has 1 aliphatic heterocycles. The van der Waals surface area contributed by atoms with Gasteiger partial charge in [0.05, 0.1) is 6.61 Å². The second-order valence-corrected chi connectivity index (χ2v) is 4.54. The van der Waals surface area contributed by atoms with Crippen molar-refractivity contribution >= 4 is 5.78 Å². The predicted octanol–water partition coefficient (Wildman–Crippen LogP) is -1.41. The Morgan fingerprint density at radius 3 is 2.79 bits per heavy atom. The smallest absolute Gasteiger partial charge is 0.252 e. The fraction of sp³-hybridized carbons (Fsp3) is 0.545. The molecular weight excluding hydrogens is 252 g/mol. The number of ether oxygens (including phenoxy) is 1. The van der Waals surface area contributed by atoms with Gasteiger partial charge < -0.3 is 20.1 Å². The van der Waals surface area contributed by atoms with E-state index in [1.807, 2.05) is 6.92 Å². The Morgan fingerprint density at radius 2 is 2.11 bits per heavy atom. The van der Waals surface area contributed by atoms with E-state index in [4.69, 9.17) is 9.84 Å². The summed E-state index contributed by atoms with van der Waals surface area (Å²) in [5.74, 6) is 0.633. The molecule has 0 unspecified atom stereocenters. The van der Waals surface area contributed by atoms with Crippen LogP contribution < -0.4 is 0 Å². The lowest BCUT2D eigenvalue weighted by molar-refractivity contribution is -0.0252. The first kappa shape index (κ1) is 12.4. The fourth-order valence-electron chi connectivity index (χ4n) is 2.11. The second-order valence-electron chi connectivity index (χ2n) is 4.54. The standard InChI is InChI=1S/C11H14N4O4/c1-5-2-3-15-11(12-5)13-10(14-15)9-8(18)7(17)6(4-16)19-9/h2-3,6-9,16-18H,4H2,1H3/t6-,7-,8-,9-/m1/s1. The van der Waals surface area contributed by atoms with Gasteiger partial charge in [0.1, 0.15) is 24.4 Å². The van der Waals surface area contributed by atoms with Gasteiger partial charge in [-0.05, 0) is 13.0 Å². The van der Waals surface area contributed by atoms with Crippen LogP contribution in [-0.4, -0.2) is 59.8 Å². The van der Waals surface area contributed by atoms with Gasteiger partial charge in [-0.3, -0.25) is 0 Å². The lowest BCUT2D eigenvalue weighted by Gasteiger charge is -2.10. The highest BCUT2D eigenvalue weighted by Crippen LogP contribution is 2.31. The molecule has 0 spiro atoms. The van der Waals surface area contributed by atoms with E-state index < -0.39 is 24.4 Å². The Morgan fingerprint density at radius 1 is 1.32 bits per heavy atom. The summed E-state index contributed by atoms with van der Waals surface area (Å²) in [6.45, 7) is 1.46. The van der Waals surface area contributed by atoms with Crippen molar-refractivity contribution in [3.8, 4) is 0 Å². The van der Waals surface area contributed by atoms with Crippen LogP contribution in [0.25, 0.3) is 5.78 Å². The van der Waals surface area contributed by atoms with Gasteiger partial charge in [-0.2, -0.15) is 4.98 Å². The Hall–Kier alpha value is -1.61. The number of aryl methyl sites for hydroxylation is 1. The van der Waals surface area contributed by atoms with Crippen LogP contribution in [0, 0.1) is 6.92 Å². The monoisotopic (exact) mass is 266 g/mol. The molecule has 3 N–H and O–H groups in total. The Labute approximate surface area is 108 Å². The molecule has 19 heavy (non-hydrogen) atoms. The van der Waals surface area contributed by atoms with Gasteiger partial charge in [0.2, 0.25) is 0 Å². The van der Waals surface area contributed by atoms with Crippen LogP contribution in [0.1, 0.15) is 17.6 Å². The molecule has 0 aliphatic carbocycles. The van der Waals surface area contributed by atoms with Crippen LogP contribution in [0.5, 0.6) is 0 Å². The lowest BCUT2D eigenvalue weighted by atomic mass is 10.1. The highest BCUT2D eigenvalue weighted by Gasteiger charge is 2.45. The molecule has 0 saturated carbocycles. The van der Waals surface area contributed by atoms with Crippen molar-refractivity contribution in [3.05, 3.63) is 23.8 Å². The highest BCUT2D eigenvalue weighted by molar-refractivity contribution is 5.28. The maximum absolute atomic E-state index is 9.90. The molecule has 3 heterocycles. The Balaban J connectivity index is 1.96. The van der Waals surface area contributed by atoms with E-state index in [1.54, 1.807) is 12.3 Å². The molecular formula is C11H14N4O4. The van der Waals surface area contributed by atoms with E-state index >= 15 is 0 Å². The quantitative estimate of drug-likeness (QED) is 0.611. The molecule has 1 aliphatic rings. The molecule has 2 aromatic heterocycles. The number of nitrogens with zero attached hydrogens (tertiary/aromatic N) is 4. The molecule has 1 fully saturated rings. The normalized spacial score (nSPS) is 31.2. The topological polar surface area (TPSA) is 113 Å². The number of hydrogen-bond donors (Lipinski definition) is 3. The largest absolute Gasteiger partial charge is 0.394 e. The predicted molar refractivity (Wildman–Crippen MR) is 62.2 cm³/mol. The third-order valence-corrected chi connectivity index (χ3v) is 3.16. The molecule has 1 saturated heterocycles. The van der Waals surface area contributed by atoms with Crippen LogP contribution in [0.3, 0.4) is 0 Å². The van der Waals surface area contributed by atoms with E-state index in [2.05, 4.69) is 15.1 Å². The number of aliphatic hydroxyl groups is 3. The zero-order valence-electron chi connectivity index (χ0n) is 10.2. The van der Waals surface area contributed by atoms with Gasteiger partial charge in [-0.1, -0.05) is 0 Å². The fourth-order valence-corrected chi connectivity index (χ4v) is 2.11.